The van der Waals surface area contributed by atoms with E-state index >= 15 is 0 Å². The Labute approximate surface area is 131 Å². The lowest BCUT2D eigenvalue weighted by molar-refractivity contribution is 0.292. The molecule has 7 nitrogen and oxygen atoms in total. The monoisotopic (exact) mass is 352 g/mol. The topological polar surface area (TPSA) is 98.0 Å². The van der Waals surface area contributed by atoms with Crippen molar-refractivity contribution in [2.24, 2.45) is 5.84 Å². The van der Waals surface area contributed by atoms with E-state index in [-0.39, 0.29) is 12.0 Å². The first kappa shape index (κ1) is 15.5. The minimum absolute atomic E-state index is 0.230. The lowest BCUT2D eigenvalue weighted by atomic mass is 10.2. The molecule has 8 heteroatoms. The first-order valence-corrected chi connectivity index (χ1v) is 7.30. The van der Waals surface area contributed by atoms with E-state index in [0.717, 1.165) is 22.1 Å². The third kappa shape index (κ3) is 4.27. The molecule has 112 valence electrons. The van der Waals surface area contributed by atoms with E-state index in [1.807, 2.05) is 32.0 Å². The van der Waals surface area contributed by atoms with Crippen molar-refractivity contribution in [3.8, 4) is 6.01 Å². The van der Waals surface area contributed by atoms with Crippen molar-refractivity contribution in [2.75, 3.05) is 17.3 Å². The SMILES string of the molecule is CCCOc1nc(NN)nc(Nc2ccc(C)c(Br)c2)n1. The van der Waals surface area contributed by atoms with Gasteiger partial charge >= 0.3 is 6.01 Å². The predicted molar refractivity (Wildman–Crippen MR) is 85.6 cm³/mol. The fraction of sp³-hybridized carbons (Fsp3) is 0.308. The zero-order chi connectivity index (χ0) is 15.2. The fourth-order valence-electron chi connectivity index (χ4n) is 1.53. The molecule has 0 aliphatic carbocycles. The zero-order valence-electron chi connectivity index (χ0n) is 11.9. The van der Waals surface area contributed by atoms with E-state index < -0.39 is 0 Å². The number of benzene rings is 1. The number of rotatable bonds is 6. The number of hydrazine groups is 1. The van der Waals surface area contributed by atoms with Crippen LogP contribution in [0.5, 0.6) is 6.01 Å². The van der Waals surface area contributed by atoms with E-state index in [0.29, 0.717) is 12.6 Å². The number of aromatic nitrogens is 3. The minimum atomic E-state index is 0.230. The van der Waals surface area contributed by atoms with Gasteiger partial charge < -0.3 is 10.1 Å². The van der Waals surface area contributed by atoms with Crippen molar-refractivity contribution >= 4 is 33.5 Å². The summed E-state index contributed by atoms with van der Waals surface area (Å²) in [5, 5.41) is 3.10. The molecule has 4 N–H and O–H groups in total. The van der Waals surface area contributed by atoms with Gasteiger partial charge in [-0.2, -0.15) is 15.0 Å². The predicted octanol–water partition coefficient (Wildman–Crippen LogP) is 2.76. The number of nitrogen functional groups attached to an aromatic ring is 1. The van der Waals surface area contributed by atoms with Gasteiger partial charge in [0.25, 0.3) is 0 Å². The Kier molecular flexibility index (Phi) is 5.29. The maximum atomic E-state index is 5.41. The number of hydrogen-bond donors (Lipinski definition) is 3. The summed E-state index contributed by atoms with van der Waals surface area (Å²) in [5.41, 5.74) is 4.39. The molecule has 0 saturated heterocycles. The zero-order valence-corrected chi connectivity index (χ0v) is 13.4. The van der Waals surface area contributed by atoms with Crippen LogP contribution in [0.15, 0.2) is 22.7 Å². The van der Waals surface area contributed by atoms with Gasteiger partial charge in [-0.25, -0.2) is 5.84 Å². The summed E-state index contributed by atoms with van der Waals surface area (Å²) in [6.07, 6.45) is 0.866. The van der Waals surface area contributed by atoms with Crippen LogP contribution >= 0.6 is 15.9 Å². The second-order valence-corrected chi connectivity index (χ2v) is 5.20. The maximum absolute atomic E-state index is 5.41. The van der Waals surface area contributed by atoms with Crippen molar-refractivity contribution in [1.29, 1.82) is 0 Å². The second kappa shape index (κ2) is 7.19. The van der Waals surface area contributed by atoms with Crippen LogP contribution in [0.4, 0.5) is 17.6 Å². The third-order valence-electron chi connectivity index (χ3n) is 2.61. The van der Waals surface area contributed by atoms with Gasteiger partial charge in [0, 0.05) is 10.2 Å². The highest BCUT2D eigenvalue weighted by Gasteiger charge is 2.07. The Morgan fingerprint density at radius 1 is 1.24 bits per heavy atom. The van der Waals surface area contributed by atoms with E-state index in [4.69, 9.17) is 10.6 Å². The van der Waals surface area contributed by atoms with Crippen molar-refractivity contribution in [1.82, 2.24) is 15.0 Å². The molecule has 0 amide bonds. The summed E-state index contributed by atoms with van der Waals surface area (Å²) in [4.78, 5) is 12.4. The molecule has 0 fully saturated rings. The first-order valence-electron chi connectivity index (χ1n) is 6.51. The quantitative estimate of drug-likeness (QED) is 0.543. The van der Waals surface area contributed by atoms with Crippen molar-refractivity contribution < 1.29 is 4.74 Å². The van der Waals surface area contributed by atoms with Crippen molar-refractivity contribution in [3.63, 3.8) is 0 Å². The molecule has 0 atom stereocenters. The van der Waals surface area contributed by atoms with E-state index in [1.54, 1.807) is 0 Å². The third-order valence-corrected chi connectivity index (χ3v) is 3.46. The van der Waals surface area contributed by atoms with E-state index in [9.17, 15) is 0 Å². The highest BCUT2D eigenvalue weighted by atomic mass is 79.9. The van der Waals surface area contributed by atoms with Gasteiger partial charge in [0.2, 0.25) is 11.9 Å². The number of nitrogens with zero attached hydrogens (tertiary/aromatic N) is 3. The van der Waals surface area contributed by atoms with Crippen LogP contribution in [0, 0.1) is 6.92 Å². The molecule has 0 aliphatic heterocycles. The molecule has 1 heterocycles. The lowest BCUT2D eigenvalue weighted by Gasteiger charge is -2.09. The van der Waals surface area contributed by atoms with Gasteiger partial charge in [-0.1, -0.05) is 28.9 Å². The second-order valence-electron chi connectivity index (χ2n) is 4.35. The summed E-state index contributed by atoms with van der Waals surface area (Å²) in [6.45, 7) is 4.56. The van der Waals surface area contributed by atoms with Crippen LogP contribution in [0.25, 0.3) is 0 Å². The number of halogens is 1. The normalized spacial score (nSPS) is 10.3. The Morgan fingerprint density at radius 2 is 2.00 bits per heavy atom. The van der Waals surface area contributed by atoms with Gasteiger partial charge in [-0.15, -0.1) is 0 Å². The molecule has 0 unspecified atom stereocenters. The van der Waals surface area contributed by atoms with Crippen LogP contribution in [0.2, 0.25) is 0 Å². The minimum Gasteiger partial charge on any atom is -0.463 e. The number of hydrogen-bond acceptors (Lipinski definition) is 7. The molecular weight excluding hydrogens is 336 g/mol. The summed E-state index contributed by atoms with van der Waals surface area (Å²) >= 11 is 3.49. The van der Waals surface area contributed by atoms with Crippen LogP contribution < -0.4 is 21.3 Å². The molecule has 1 aromatic carbocycles. The molecule has 0 aliphatic rings. The van der Waals surface area contributed by atoms with Crippen molar-refractivity contribution in [2.45, 2.75) is 20.3 Å². The highest BCUT2D eigenvalue weighted by molar-refractivity contribution is 9.10. The highest BCUT2D eigenvalue weighted by Crippen LogP contribution is 2.23. The number of aryl methyl sites for hydroxylation is 1. The summed E-state index contributed by atoms with van der Waals surface area (Å²) < 4.78 is 6.41. The van der Waals surface area contributed by atoms with Crippen LogP contribution in [0.3, 0.4) is 0 Å². The fourth-order valence-corrected chi connectivity index (χ4v) is 1.91. The summed E-state index contributed by atoms with van der Waals surface area (Å²) in [6, 6.07) is 6.10. The average Bonchev–Trinajstić information content (AvgIpc) is 2.48. The molecule has 2 aromatic rings. The summed E-state index contributed by atoms with van der Waals surface area (Å²) in [7, 11) is 0. The molecule has 0 saturated carbocycles. The molecule has 21 heavy (non-hydrogen) atoms. The molecule has 1 aromatic heterocycles. The van der Waals surface area contributed by atoms with Gasteiger partial charge in [-0.05, 0) is 31.0 Å². The maximum Gasteiger partial charge on any atom is 0.323 e. The number of nitrogens with one attached hydrogen (secondary N) is 2. The number of nitrogens with two attached hydrogens (primary N) is 1. The first-order chi connectivity index (χ1) is 10.1. The number of anilines is 3. The molecule has 2 rings (SSSR count). The Hall–Kier alpha value is -1.93. The van der Waals surface area contributed by atoms with Gasteiger partial charge in [-0.3, -0.25) is 5.43 Å². The smallest absolute Gasteiger partial charge is 0.323 e. The number of ether oxygens (including phenoxy) is 1. The Morgan fingerprint density at radius 3 is 2.67 bits per heavy atom. The Bertz CT molecular complexity index is 622. The van der Waals surface area contributed by atoms with Crippen LogP contribution in [0.1, 0.15) is 18.9 Å². The van der Waals surface area contributed by atoms with E-state index in [2.05, 4.69) is 41.6 Å². The molecule has 0 bridgehead atoms. The van der Waals surface area contributed by atoms with Gasteiger partial charge in [0.15, 0.2) is 0 Å². The largest absolute Gasteiger partial charge is 0.463 e. The Balaban J connectivity index is 2.23. The molecule has 0 radical (unpaired) electrons. The lowest BCUT2D eigenvalue weighted by Crippen LogP contribution is -2.13. The van der Waals surface area contributed by atoms with Gasteiger partial charge in [0.05, 0.1) is 6.61 Å². The summed E-state index contributed by atoms with van der Waals surface area (Å²) in [5.74, 6) is 5.96. The van der Waals surface area contributed by atoms with Crippen LogP contribution in [-0.2, 0) is 0 Å². The van der Waals surface area contributed by atoms with E-state index in [1.165, 1.54) is 0 Å². The average molecular weight is 353 g/mol. The van der Waals surface area contributed by atoms with Gasteiger partial charge in [0.1, 0.15) is 0 Å². The molecule has 0 spiro atoms. The molecular formula is C13H17BrN6O. The van der Waals surface area contributed by atoms with Crippen molar-refractivity contribution in [3.05, 3.63) is 28.2 Å². The standard InChI is InChI=1S/C13H17BrN6O/c1-3-6-21-13-18-11(17-12(19-13)20-15)16-9-5-4-8(2)10(14)7-9/h4-5,7H,3,6,15H2,1-2H3,(H2,16,17,18,19,20). The van der Waals surface area contributed by atoms with Crippen LogP contribution in [-0.4, -0.2) is 21.6 Å².